The summed E-state index contributed by atoms with van der Waals surface area (Å²) in [6, 6.07) is 1.79. The van der Waals surface area contributed by atoms with Crippen molar-refractivity contribution in [3.63, 3.8) is 0 Å². The summed E-state index contributed by atoms with van der Waals surface area (Å²) >= 11 is 0. The first-order valence-corrected chi connectivity index (χ1v) is 6.38. The van der Waals surface area contributed by atoms with Gasteiger partial charge in [0, 0.05) is 18.2 Å². The molecule has 2 atom stereocenters. The van der Waals surface area contributed by atoms with Crippen molar-refractivity contribution in [1.82, 2.24) is 4.90 Å². The third-order valence-electron chi connectivity index (χ3n) is 3.50. The van der Waals surface area contributed by atoms with Crippen LogP contribution in [0.5, 0.6) is 5.75 Å². The summed E-state index contributed by atoms with van der Waals surface area (Å²) in [6.45, 7) is 3.55. The minimum atomic E-state index is -0.398. The molecular weight excluding hydrogens is 232 g/mol. The Kier molecular flexibility index (Phi) is 4.04. The lowest BCUT2D eigenvalue weighted by Crippen LogP contribution is -2.48. The largest absolute Gasteiger partial charge is 0.502 e. The van der Waals surface area contributed by atoms with Crippen molar-refractivity contribution in [2.45, 2.75) is 44.8 Å². The fraction of sp³-hybridized carbons (Fsp3) is 0.615. The van der Waals surface area contributed by atoms with E-state index < -0.39 is 5.43 Å². The van der Waals surface area contributed by atoms with Gasteiger partial charge in [-0.05, 0) is 26.3 Å². The number of nitrogens with two attached hydrogens (primary N) is 1. The summed E-state index contributed by atoms with van der Waals surface area (Å²) in [6.07, 6.45) is 4.52. The monoisotopic (exact) mass is 252 g/mol. The van der Waals surface area contributed by atoms with Gasteiger partial charge < -0.3 is 15.3 Å². The molecular formula is C13H20N2O3. The van der Waals surface area contributed by atoms with E-state index in [0.717, 1.165) is 25.6 Å². The van der Waals surface area contributed by atoms with Gasteiger partial charge in [-0.15, -0.1) is 0 Å². The third kappa shape index (κ3) is 2.91. The number of nitrogens with zero attached hydrogens (tertiary/aromatic N) is 1. The minimum Gasteiger partial charge on any atom is -0.502 e. The predicted octanol–water partition coefficient (Wildman–Crippen LogP) is 1.05. The number of likely N-dealkylation sites (tertiary alicyclic amines) is 1. The van der Waals surface area contributed by atoms with E-state index in [-0.39, 0.29) is 11.8 Å². The summed E-state index contributed by atoms with van der Waals surface area (Å²) in [5.74, 6) is 0.228. The highest BCUT2D eigenvalue weighted by Crippen LogP contribution is 2.21. The SMILES string of the molecule is CC(N)C1CCCCN1Cc1cc(=O)c(O)co1. The molecule has 0 radical (unpaired) electrons. The third-order valence-corrected chi connectivity index (χ3v) is 3.50. The summed E-state index contributed by atoms with van der Waals surface area (Å²) in [5.41, 5.74) is 5.59. The number of piperidine rings is 1. The van der Waals surface area contributed by atoms with Gasteiger partial charge in [0.1, 0.15) is 12.0 Å². The van der Waals surface area contributed by atoms with Crippen LogP contribution >= 0.6 is 0 Å². The summed E-state index contributed by atoms with van der Waals surface area (Å²) in [5, 5.41) is 9.15. The molecule has 1 aliphatic heterocycles. The normalized spacial score (nSPS) is 22.9. The summed E-state index contributed by atoms with van der Waals surface area (Å²) in [4.78, 5) is 13.6. The zero-order chi connectivity index (χ0) is 13.1. The van der Waals surface area contributed by atoms with Gasteiger partial charge in [0.2, 0.25) is 5.43 Å². The first kappa shape index (κ1) is 13.1. The maximum atomic E-state index is 11.3. The average molecular weight is 252 g/mol. The molecule has 1 aromatic rings. The van der Waals surface area contributed by atoms with Crippen molar-refractivity contribution in [1.29, 1.82) is 0 Å². The van der Waals surface area contributed by atoms with Crippen LogP contribution in [-0.4, -0.2) is 28.6 Å². The fourth-order valence-electron chi connectivity index (χ4n) is 2.54. The lowest BCUT2D eigenvalue weighted by Gasteiger charge is -2.37. The minimum absolute atomic E-state index is 0.106. The van der Waals surface area contributed by atoms with Crippen molar-refractivity contribution >= 4 is 0 Å². The molecule has 5 heteroatoms. The van der Waals surface area contributed by atoms with Crippen LogP contribution in [0.2, 0.25) is 0 Å². The lowest BCUT2D eigenvalue weighted by atomic mass is 9.97. The van der Waals surface area contributed by atoms with Gasteiger partial charge >= 0.3 is 0 Å². The Morgan fingerprint density at radius 1 is 1.61 bits per heavy atom. The second-order valence-corrected chi connectivity index (χ2v) is 4.99. The van der Waals surface area contributed by atoms with Crippen LogP contribution in [-0.2, 0) is 6.54 Å². The molecule has 0 aromatic carbocycles. The summed E-state index contributed by atoms with van der Waals surface area (Å²) < 4.78 is 5.24. The highest BCUT2D eigenvalue weighted by molar-refractivity contribution is 5.15. The van der Waals surface area contributed by atoms with Crippen molar-refractivity contribution in [2.75, 3.05) is 6.54 Å². The molecule has 2 unspecified atom stereocenters. The predicted molar refractivity (Wildman–Crippen MR) is 68.3 cm³/mol. The van der Waals surface area contributed by atoms with E-state index in [9.17, 15) is 4.79 Å². The second-order valence-electron chi connectivity index (χ2n) is 4.99. The number of hydrogen-bond acceptors (Lipinski definition) is 5. The first-order valence-electron chi connectivity index (χ1n) is 6.38. The van der Waals surface area contributed by atoms with Crippen molar-refractivity contribution in [2.24, 2.45) is 5.73 Å². The molecule has 0 amide bonds. The van der Waals surface area contributed by atoms with Gasteiger partial charge in [-0.2, -0.15) is 0 Å². The maximum absolute atomic E-state index is 11.3. The Morgan fingerprint density at radius 3 is 3.06 bits per heavy atom. The van der Waals surface area contributed by atoms with E-state index in [1.54, 1.807) is 0 Å². The van der Waals surface area contributed by atoms with Crippen molar-refractivity contribution in [3.05, 3.63) is 28.3 Å². The zero-order valence-electron chi connectivity index (χ0n) is 10.6. The number of hydrogen-bond donors (Lipinski definition) is 2. The van der Waals surface area contributed by atoms with Gasteiger partial charge in [-0.25, -0.2) is 0 Å². The van der Waals surface area contributed by atoms with Crippen molar-refractivity contribution < 1.29 is 9.52 Å². The number of rotatable bonds is 3. The quantitative estimate of drug-likeness (QED) is 0.840. The van der Waals surface area contributed by atoms with E-state index in [0.29, 0.717) is 18.3 Å². The molecule has 1 saturated heterocycles. The Morgan fingerprint density at radius 2 is 2.39 bits per heavy atom. The Bertz CT molecular complexity index is 456. The van der Waals surface area contributed by atoms with Gasteiger partial charge in [0.15, 0.2) is 5.75 Å². The smallest absolute Gasteiger partial charge is 0.226 e. The van der Waals surface area contributed by atoms with Crippen LogP contribution in [0, 0.1) is 0 Å². The molecule has 1 aromatic heterocycles. The van der Waals surface area contributed by atoms with E-state index in [2.05, 4.69) is 4.90 Å². The Hall–Kier alpha value is -1.33. The molecule has 100 valence electrons. The van der Waals surface area contributed by atoms with Crippen molar-refractivity contribution in [3.8, 4) is 5.75 Å². The van der Waals surface area contributed by atoms with Crippen LogP contribution in [0.4, 0.5) is 0 Å². The van der Waals surface area contributed by atoms with Gasteiger partial charge in [-0.1, -0.05) is 6.42 Å². The highest BCUT2D eigenvalue weighted by Gasteiger charge is 2.25. The molecule has 2 heterocycles. The molecule has 0 spiro atoms. The standard InChI is InChI=1S/C13H20N2O3/c1-9(14)11-4-2-3-5-15(11)7-10-6-12(16)13(17)8-18-10/h6,8-9,11,17H,2-5,7,14H2,1H3. The average Bonchev–Trinajstić information content (AvgIpc) is 2.34. The molecule has 0 saturated carbocycles. The lowest BCUT2D eigenvalue weighted by molar-refractivity contribution is 0.113. The van der Waals surface area contributed by atoms with Crippen LogP contribution in [0.3, 0.4) is 0 Å². The molecule has 1 fully saturated rings. The van der Waals surface area contributed by atoms with E-state index >= 15 is 0 Å². The molecule has 1 aliphatic rings. The van der Waals surface area contributed by atoms with E-state index in [1.165, 1.54) is 12.5 Å². The highest BCUT2D eigenvalue weighted by atomic mass is 16.4. The van der Waals surface area contributed by atoms with E-state index in [1.807, 2.05) is 6.92 Å². The molecule has 0 aliphatic carbocycles. The maximum Gasteiger partial charge on any atom is 0.226 e. The van der Waals surface area contributed by atoms with Crippen LogP contribution in [0.1, 0.15) is 31.9 Å². The van der Waals surface area contributed by atoms with Crippen LogP contribution in [0.25, 0.3) is 0 Å². The first-order chi connectivity index (χ1) is 8.58. The molecule has 3 N–H and O–H groups in total. The molecule has 18 heavy (non-hydrogen) atoms. The van der Waals surface area contributed by atoms with Crippen LogP contribution < -0.4 is 11.2 Å². The van der Waals surface area contributed by atoms with Gasteiger partial charge in [0.25, 0.3) is 0 Å². The Balaban J connectivity index is 2.11. The number of aromatic hydroxyl groups is 1. The molecule has 2 rings (SSSR count). The molecule has 0 bridgehead atoms. The Labute approximate surface area is 106 Å². The topological polar surface area (TPSA) is 79.7 Å². The zero-order valence-corrected chi connectivity index (χ0v) is 10.6. The van der Waals surface area contributed by atoms with Gasteiger partial charge in [0.05, 0.1) is 6.54 Å². The second kappa shape index (κ2) is 5.54. The van der Waals surface area contributed by atoms with E-state index in [4.69, 9.17) is 15.3 Å². The summed E-state index contributed by atoms with van der Waals surface area (Å²) in [7, 11) is 0. The van der Waals surface area contributed by atoms with Gasteiger partial charge in [-0.3, -0.25) is 9.69 Å². The molecule has 5 nitrogen and oxygen atoms in total. The van der Waals surface area contributed by atoms with Crippen LogP contribution in [0.15, 0.2) is 21.5 Å². The fourth-order valence-corrected chi connectivity index (χ4v) is 2.54.